The van der Waals surface area contributed by atoms with E-state index in [0.29, 0.717) is 35.2 Å². The van der Waals surface area contributed by atoms with Gasteiger partial charge in [-0.2, -0.15) is 0 Å². The van der Waals surface area contributed by atoms with Crippen LogP contribution in [0.2, 0.25) is 0 Å². The number of hydrogen-bond donors (Lipinski definition) is 4. The number of nitrogens with zero attached hydrogens (tertiary/aromatic N) is 3. The van der Waals surface area contributed by atoms with Gasteiger partial charge >= 0.3 is 0 Å². The number of ether oxygens (including phenoxy) is 1. The minimum atomic E-state index is -3.81. The average molecular weight is 586 g/mol. The topological polar surface area (TPSA) is 141 Å². The molecule has 0 saturated carbocycles. The molecule has 1 atom stereocenters. The van der Waals surface area contributed by atoms with Crippen molar-refractivity contribution in [2.75, 3.05) is 56.8 Å². The molecule has 0 spiro atoms. The molecule has 1 aliphatic rings. The Bertz CT molecular complexity index is 1690. The Hall–Kier alpha value is -3.98. The molecule has 1 saturated heterocycles. The number of hydrogen-bond acceptors (Lipinski definition) is 9. The lowest BCUT2D eigenvalue weighted by atomic mass is 10.1. The van der Waals surface area contributed by atoms with Gasteiger partial charge in [0.25, 0.3) is 0 Å². The van der Waals surface area contributed by atoms with Crippen LogP contribution in [0.3, 0.4) is 0 Å². The van der Waals surface area contributed by atoms with Crippen molar-refractivity contribution in [3.63, 3.8) is 0 Å². The van der Waals surface area contributed by atoms with Crippen LogP contribution in [0.4, 0.5) is 26.1 Å². The molecule has 0 radical (unpaired) electrons. The maximum Gasteiger partial charge on any atom is 0.244 e. The number of carbonyl (C=O) groups excluding carboxylic acids is 1. The van der Waals surface area contributed by atoms with Gasteiger partial charge in [0.15, 0.2) is 21.5 Å². The average Bonchev–Trinajstić information content (AvgIpc) is 3.38. The summed E-state index contributed by atoms with van der Waals surface area (Å²) in [6.07, 6.45) is 3.40. The van der Waals surface area contributed by atoms with Crippen molar-refractivity contribution in [1.29, 1.82) is 0 Å². The molecule has 216 valence electrons. The van der Waals surface area contributed by atoms with Crippen LogP contribution in [0, 0.1) is 11.6 Å². The summed E-state index contributed by atoms with van der Waals surface area (Å²) in [7, 11) is -2.26. The molecule has 0 aliphatic carbocycles. The summed E-state index contributed by atoms with van der Waals surface area (Å²) < 4.78 is 59.0. The summed E-state index contributed by atoms with van der Waals surface area (Å²) in [6, 6.07) is 8.59. The van der Waals surface area contributed by atoms with Gasteiger partial charge in [-0.05, 0) is 18.2 Å². The molecule has 0 unspecified atom stereocenters. The molecule has 3 heterocycles. The number of fused-ring (bicyclic) bond motifs is 1. The SMILES string of the molecule is COC[C@@H](C(=O)Nc1cccc2c(-c3nc(Nc4cccc(S(C)(=O)=O)c4F)ncc3F)c[nH]c12)N1CCNCC1. The lowest BCUT2D eigenvalue weighted by molar-refractivity contribution is -0.123. The van der Waals surface area contributed by atoms with E-state index in [9.17, 15) is 22.0 Å². The molecule has 4 aromatic rings. The van der Waals surface area contributed by atoms with Crippen molar-refractivity contribution in [3.05, 3.63) is 60.4 Å². The number of methoxy groups -OCH3 is 1. The van der Waals surface area contributed by atoms with Gasteiger partial charge in [-0.25, -0.2) is 27.2 Å². The summed E-state index contributed by atoms with van der Waals surface area (Å²) in [5, 5.41) is 9.46. The van der Waals surface area contributed by atoms with Crippen LogP contribution < -0.4 is 16.0 Å². The third-order valence-electron chi connectivity index (χ3n) is 6.80. The summed E-state index contributed by atoms with van der Waals surface area (Å²) in [4.78, 5) is 26.1. The van der Waals surface area contributed by atoms with E-state index in [-0.39, 0.29) is 29.8 Å². The fraction of sp³-hybridized carbons (Fsp3) is 0.296. The number of aromatic nitrogens is 3. The Labute approximate surface area is 235 Å². The van der Waals surface area contributed by atoms with E-state index in [2.05, 4.69) is 35.8 Å². The summed E-state index contributed by atoms with van der Waals surface area (Å²) in [5.41, 5.74) is 1.20. The molecule has 14 heteroatoms. The monoisotopic (exact) mass is 585 g/mol. The molecule has 1 aliphatic heterocycles. The number of benzene rings is 2. The second-order valence-corrected chi connectivity index (χ2v) is 11.6. The first-order valence-electron chi connectivity index (χ1n) is 12.8. The number of para-hydroxylation sites is 1. The maximum atomic E-state index is 15.0. The lowest BCUT2D eigenvalue weighted by Crippen LogP contribution is -2.54. The van der Waals surface area contributed by atoms with Gasteiger partial charge in [0.1, 0.15) is 16.6 Å². The van der Waals surface area contributed by atoms with Crippen LogP contribution in [0.1, 0.15) is 0 Å². The van der Waals surface area contributed by atoms with Gasteiger partial charge in [-0.3, -0.25) is 9.69 Å². The van der Waals surface area contributed by atoms with Crippen LogP contribution in [0.15, 0.2) is 53.7 Å². The fourth-order valence-electron chi connectivity index (χ4n) is 4.80. The van der Waals surface area contributed by atoms with Crippen molar-refractivity contribution < 1.29 is 26.7 Å². The molecule has 0 bridgehead atoms. The number of rotatable bonds is 9. The smallest absolute Gasteiger partial charge is 0.244 e. The summed E-state index contributed by atoms with van der Waals surface area (Å²) >= 11 is 0. The molecule has 4 N–H and O–H groups in total. The number of anilines is 3. The predicted octanol–water partition coefficient (Wildman–Crippen LogP) is 2.91. The first kappa shape index (κ1) is 28.5. The third-order valence-corrected chi connectivity index (χ3v) is 7.92. The number of halogens is 2. The van der Waals surface area contributed by atoms with Gasteiger partial charge in [0.05, 0.1) is 29.7 Å². The number of sulfone groups is 1. The fourth-order valence-corrected chi connectivity index (χ4v) is 5.56. The van der Waals surface area contributed by atoms with Crippen LogP contribution in [0.5, 0.6) is 0 Å². The highest BCUT2D eigenvalue weighted by atomic mass is 32.2. The molecule has 41 heavy (non-hydrogen) atoms. The normalized spacial score (nSPS) is 15.1. The Morgan fingerprint density at radius 3 is 2.61 bits per heavy atom. The van der Waals surface area contributed by atoms with Gasteiger partial charge in [0.2, 0.25) is 11.9 Å². The zero-order valence-electron chi connectivity index (χ0n) is 22.4. The van der Waals surface area contributed by atoms with Crippen LogP contribution in [0.25, 0.3) is 22.2 Å². The van der Waals surface area contributed by atoms with E-state index in [1.165, 1.54) is 12.1 Å². The van der Waals surface area contributed by atoms with Crippen molar-refractivity contribution in [1.82, 2.24) is 25.2 Å². The van der Waals surface area contributed by atoms with E-state index >= 15 is 0 Å². The lowest BCUT2D eigenvalue weighted by Gasteiger charge is -2.33. The zero-order valence-corrected chi connectivity index (χ0v) is 23.2. The molecule has 2 aromatic carbocycles. The first-order chi connectivity index (χ1) is 19.7. The number of amides is 1. The molecule has 5 rings (SSSR count). The van der Waals surface area contributed by atoms with Gasteiger partial charge in [0, 0.05) is 56.7 Å². The van der Waals surface area contributed by atoms with Crippen LogP contribution in [-0.2, 0) is 19.4 Å². The van der Waals surface area contributed by atoms with Crippen molar-refractivity contribution in [3.8, 4) is 11.3 Å². The maximum absolute atomic E-state index is 15.0. The second-order valence-electron chi connectivity index (χ2n) is 9.58. The highest BCUT2D eigenvalue weighted by molar-refractivity contribution is 7.90. The van der Waals surface area contributed by atoms with Crippen molar-refractivity contribution >= 4 is 44.0 Å². The highest BCUT2D eigenvalue weighted by Crippen LogP contribution is 2.34. The first-order valence-corrected chi connectivity index (χ1v) is 14.7. The van der Waals surface area contributed by atoms with E-state index < -0.39 is 32.4 Å². The predicted molar refractivity (Wildman–Crippen MR) is 151 cm³/mol. The number of aromatic amines is 1. The summed E-state index contributed by atoms with van der Waals surface area (Å²) in [6.45, 7) is 3.21. The molecular formula is C27H29F2N7O4S. The number of nitrogens with one attached hydrogen (secondary N) is 4. The molecular weight excluding hydrogens is 556 g/mol. The van der Waals surface area contributed by atoms with Crippen LogP contribution >= 0.6 is 0 Å². The Morgan fingerprint density at radius 1 is 1.15 bits per heavy atom. The number of carbonyl (C=O) groups is 1. The van der Waals surface area contributed by atoms with Crippen molar-refractivity contribution in [2.24, 2.45) is 0 Å². The highest BCUT2D eigenvalue weighted by Gasteiger charge is 2.28. The Kier molecular flexibility index (Phi) is 8.26. The van der Waals surface area contributed by atoms with E-state index in [1.54, 1.807) is 31.5 Å². The quantitative estimate of drug-likeness (QED) is 0.233. The minimum Gasteiger partial charge on any atom is -0.383 e. The standard InChI is InChI=1S/C27H29F2N7O4S/c1-40-15-21(36-11-9-30-10-12-36)26(37)33-20-7-3-5-16-17(13-31-25(16)20)24-18(28)14-32-27(35-24)34-19-6-4-8-22(23(19)29)41(2,38)39/h3-8,13-14,21,30-31H,9-12,15H2,1-2H3,(H,33,37)(H,32,34,35)/t21-/m0/s1. The van der Waals surface area contributed by atoms with Gasteiger partial charge < -0.3 is 25.7 Å². The minimum absolute atomic E-state index is 0.0741. The number of piperazine rings is 1. The van der Waals surface area contributed by atoms with Gasteiger partial charge in [-0.1, -0.05) is 18.2 Å². The molecule has 1 amide bonds. The molecule has 2 aromatic heterocycles. The third kappa shape index (κ3) is 6.05. The van der Waals surface area contributed by atoms with E-state index in [4.69, 9.17) is 4.74 Å². The number of H-pyrrole nitrogens is 1. The van der Waals surface area contributed by atoms with Crippen LogP contribution in [-0.4, -0.2) is 86.4 Å². The van der Waals surface area contributed by atoms with E-state index in [1.807, 2.05) is 0 Å². The molecule has 11 nitrogen and oxygen atoms in total. The zero-order chi connectivity index (χ0) is 29.1. The Balaban J connectivity index is 1.44. The second kappa shape index (κ2) is 11.9. The summed E-state index contributed by atoms with van der Waals surface area (Å²) in [5.74, 6) is -2.08. The van der Waals surface area contributed by atoms with E-state index in [0.717, 1.165) is 31.6 Å². The van der Waals surface area contributed by atoms with Crippen molar-refractivity contribution in [2.45, 2.75) is 10.9 Å². The molecule has 1 fully saturated rings. The largest absolute Gasteiger partial charge is 0.383 e. The Morgan fingerprint density at radius 2 is 1.88 bits per heavy atom. The van der Waals surface area contributed by atoms with Gasteiger partial charge in [-0.15, -0.1) is 0 Å².